The summed E-state index contributed by atoms with van der Waals surface area (Å²) in [5.41, 5.74) is 7.70. The zero-order valence-electron chi connectivity index (χ0n) is 13.6. The second-order valence-electron chi connectivity index (χ2n) is 6.90. The van der Waals surface area contributed by atoms with E-state index in [2.05, 4.69) is 37.2 Å². The van der Waals surface area contributed by atoms with Crippen molar-refractivity contribution in [2.24, 2.45) is 0 Å². The van der Waals surface area contributed by atoms with Gasteiger partial charge in [-0.2, -0.15) is 0 Å². The van der Waals surface area contributed by atoms with Gasteiger partial charge in [-0.25, -0.2) is 0 Å². The van der Waals surface area contributed by atoms with Gasteiger partial charge in [0, 0.05) is 28.3 Å². The number of hydrogen-bond acceptors (Lipinski definition) is 4. The van der Waals surface area contributed by atoms with Crippen molar-refractivity contribution in [2.75, 3.05) is 18.1 Å². The van der Waals surface area contributed by atoms with Crippen molar-refractivity contribution in [3.05, 3.63) is 17.2 Å². The first-order valence-corrected chi connectivity index (χ1v) is 9.44. The van der Waals surface area contributed by atoms with Gasteiger partial charge < -0.3 is 16.0 Å². The van der Waals surface area contributed by atoms with Crippen molar-refractivity contribution in [1.29, 1.82) is 0 Å². The molecule has 2 aliphatic rings. The third kappa shape index (κ3) is 3.19. The van der Waals surface area contributed by atoms with Gasteiger partial charge in [0.2, 0.25) is 0 Å². The Morgan fingerprint density at radius 1 is 1.27 bits per heavy atom. The lowest BCUT2D eigenvalue weighted by molar-refractivity contribution is 0.183. The predicted octanol–water partition coefficient (Wildman–Crippen LogP) is 4.46. The maximum absolute atomic E-state index is 6.62. The van der Waals surface area contributed by atoms with E-state index in [-0.39, 0.29) is 0 Å². The topological polar surface area (TPSA) is 41.3 Å². The summed E-state index contributed by atoms with van der Waals surface area (Å²) in [7, 11) is 2.28. The van der Waals surface area contributed by atoms with Crippen LogP contribution in [0.5, 0.6) is 0 Å². The van der Waals surface area contributed by atoms with E-state index in [4.69, 9.17) is 17.3 Å². The van der Waals surface area contributed by atoms with Gasteiger partial charge in [-0.3, -0.25) is 0 Å². The molecular formula is C17H26ClN3S. The number of thioether (sulfide) groups is 1. The van der Waals surface area contributed by atoms with Crippen LogP contribution in [0.15, 0.2) is 17.0 Å². The van der Waals surface area contributed by atoms with Crippen molar-refractivity contribution in [1.82, 2.24) is 4.90 Å². The number of nitrogens with zero attached hydrogens (tertiary/aromatic N) is 1. The Bertz CT molecular complexity index is 535. The summed E-state index contributed by atoms with van der Waals surface area (Å²) in [4.78, 5) is 3.74. The average Bonchev–Trinajstić information content (AvgIpc) is 2.69. The van der Waals surface area contributed by atoms with E-state index in [9.17, 15) is 0 Å². The maximum Gasteiger partial charge on any atom is 0.0794 e. The third-order valence-electron chi connectivity index (χ3n) is 4.92. The zero-order chi connectivity index (χ0) is 15.9. The van der Waals surface area contributed by atoms with Crippen molar-refractivity contribution in [3.63, 3.8) is 0 Å². The van der Waals surface area contributed by atoms with E-state index in [0.717, 1.165) is 33.4 Å². The highest BCUT2D eigenvalue weighted by Gasteiger charge is 2.38. The summed E-state index contributed by atoms with van der Waals surface area (Å²) in [5.74, 6) is 0. The smallest absolute Gasteiger partial charge is 0.0794 e. The highest BCUT2D eigenvalue weighted by molar-refractivity contribution is 8.00. The molecule has 2 fully saturated rings. The Morgan fingerprint density at radius 3 is 2.50 bits per heavy atom. The highest BCUT2D eigenvalue weighted by Crippen LogP contribution is 2.45. The maximum atomic E-state index is 6.62. The number of fused-ring (bicyclic) bond motifs is 2. The number of piperidine rings is 1. The summed E-state index contributed by atoms with van der Waals surface area (Å²) in [5, 5.41) is 4.83. The van der Waals surface area contributed by atoms with Gasteiger partial charge in [0.05, 0.1) is 16.4 Å². The molecule has 3 rings (SSSR count). The van der Waals surface area contributed by atoms with Gasteiger partial charge in [-0.05, 0) is 58.7 Å². The lowest BCUT2D eigenvalue weighted by Crippen LogP contribution is -2.40. The number of nitrogens with one attached hydrogen (secondary N) is 1. The number of benzene rings is 1. The van der Waals surface area contributed by atoms with Crippen LogP contribution in [0.25, 0.3) is 0 Å². The van der Waals surface area contributed by atoms with Crippen LogP contribution in [0.4, 0.5) is 11.4 Å². The largest absolute Gasteiger partial charge is 0.397 e. The fourth-order valence-corrected chi connectivity index (χ4v) is 5.44. The van der Waals surface area contributed by atoms with Crippen LogP contribution >= 0.6 is 23.4 Å². The molecule has 2 atom stereocenters. The molecule has 22 heavy (non-hydrogen) atoms. The summed E-state index contributed by atoms with van der Waals surface area (Å²) in [6.07, 6.45) is 5.25. The van der Waals surface area contributed by atoms with Crippen molar-refractivity contribution in [3.8, 4) is 0 Å². The molecule has 2 unspecified atom stereocenters. The molecule has 0 radical (unpaired) electrons. The predicted molar refractivity (Wildman–Crippen MR) is 98.1 cm³/mol. The lowest BCUT2D eigenvalue weighted by Gasteiger charge is -2.36. The third-order valence-corrected chi connectivity index (χ3v) is 6.74. The Kier molecular flexibility index (Phi) is 4.81. The molecule has 0 saturated carbocycles. The Labute approximate surface area is 143 Å². The van der Waals surface area contributed by atoms with E-state index in [1.54, 1.807) is 0 Å². The summed E-state index contributed by atoms with van der Waals surface area (Å²) < 4.78 is 0. The number of halogens is 1. The molecule has 3 nitrogen and oxygen atoms in total. The van der Waals surface area contributed by atoms with Crippen molar-refractivity contribution < 1.29 is 0 Å². The second kappa shape index (κ2) is 6.50. The molecular weight excluding hydrogens is 314 g/mol. The molecule has 0 spiro atoms. The number of anilines is 2. The number of nitrogens with two attached hydrogens (primary N) is 1. The highest BCUT2D eigenvalue weighted by atomic mass is 35.5. The molecule has 1 aromatic rings. The molecule has 2 aliphatic heterocycles. The van der Waals surface area contributed by atoms with E-state index >= 15 is 0 Å². The first-order valence-electron chi connectivity index (χ1n) is 8.18. The van der Waals surface area contributed by atoms with Crippen LogP contribution < -0.4 is 11.1 Å². The molecule has 2 bridgehead atoms. The summed E-state index contributed by atoms with van der Waals surface area (Å²) in [6, 6.07) is 5.89. The van der Waals surface area contributed by atoms with E-state index in [1.165, 1.54) is 25.7 Å². The normalized spacial score (nSPS) is 28.3. The lowest BCUT2D eigenvalue weighted by atomic mass is 10.0. The van der Waals surface area contributed by atoms with Crippen LogP contribution in [0.2, 0.25) is 5.02 Å². The number of hydrogen-bond donors (Lipinski definition) is 2. The van der Waals surface area contributed by atoms with Crippen LogP contribution in [-0.2, 0) is 0 Å². The minimum absolute atomic E-state index is 0.319. The van der Waals surface area contributed by atoms with Gasteiger partial charge in [0.25, 0.3) is 0 Å². The minimum Gasteiger partial charge on any atom is -0.397 e. The molecule has 0 aliphatic carbocycles. The molecule has 3 N–H and O–H groups in total. The van der Waals surface area contributed by atoms with Crippen molar-refractivity contribution >= 4 is 34.7 Å². The van der Waals surface area contributed by atoms with Crippen LogP contribution in [0.1, 0.15) is 39.5 Å². The van der Waals surface area contributed by atoms with Crippen LogP contribution in [0.3, 0.4) is 0 Å². The average molecular weight is 340 g/mol. The van der Waals surface area contributed by atoms with Gasteiger partial charge >= 0.3 is 0 Å². The number of nitrogen functional groups attached to an aromatic ring is 1. The first kappa shape index (κ1) is 16.3. The Morgan fingerprint density at radius 2 is 1.91 bits per heavy atom. The van der Waals surface area contributed by atoms with Crippen LogP contribution in [-0.4, -0.2) is 35.3 Å². The number of rotatable bonds is 4. The van der Waals surface area contributed by atoms with Gasteiger partial charge in [-0.15, -0.1) is 11.8 Å². The monoisotopic (exact) mass is 339 g/mol. The van der Waals surface area contributed by atoms with Gasteiger partial charge in [0.15, 0.2) is 0 Å². The fourth-order valence-electron chi connectivity index (χ4n) is 3.74. The Hall–Kier alpha value is -0.580. The molecule has 2 heterocycles. The molecule has 1 aromatic carbocycles. The molecule has 5 heteroatoms. The van der Waals surface area contributed by atoms with Gasteiger partial charge in [0.1, 0.15) is 0 Å². The summed E-state index contributed by atoms with van der Waals surface area (Å²) >= 11 is 8.56. The summed E-state index contributed by atoms with van der Waals surface area (Å²) in [6.45, 7) is 4.20. The Balaban J connectivity index is 1.76. The SMILES string of the molecule is CC(C)Nc1c(N)ccc(SC2CC3CCC(C2)N3C)c1Cl. The fraction of sp³-hybridized carbons (Fsp3) is 0.647. The van der Waals surface area contributed by atoms with Gasteiger partial charge in [-0.1, -0.05) is 11.6 Å². The first-order chi connectivity index (χ1) is 10.5. The zero-order valence-corrected chi connectivity index (χ0v) is 15.2. The van der Waals surface area contributed by atoms with Crippen molar-refractivity contribution in [2.45, 2.75) is 67.8 Å². The van der Waals surface area contributed by atoms with E-state index < -0.39 is 0 Å². The molecule has 0 aromatic heterocycles. The molecule has 0 amide bonds. The minimum atomic E-state index is 0.319. The van der Waals surface area contributed by atoms with Crippen LogP contribution in [0, 0.1) is 0 Å². The molecule has 122 valence electrons. The van der Waals surface area contributed by atoms with E-state index in [1.807, 2.05) is 17.8 Å². The van der Waals surface area contributed by atoms with E-state index in [0.29, 0.717) is 11.3 Å². The standard InChI is InChI=1S/C17H26ClN3S/c1-10(2)20-17-14(19)6-7-15(16(17)18)22-13-8-11-4-5-12(9-13)21(11)3/h6-7,10-13,20H,4-5,8-9,19H2,1-3H3. The molecule has 2 saturated heterocycles. The quantitative estimate of drug-likeness (QED) is 0.795. The second-order valence-corrected chi connectivity index (χ2v) is 8.62.